The number of halogens is 2. The van der Waals surface area contributed by atoms with Gasteiger partial charge in [0, 0.05) is 10.7 Å². The lowest BCUT2D eigenvalue weighted by Gasteiger charge is -2.09. The molecule has 6 heteroatoms. The number of hydrogen-bond donors (Lipinski definition) is 0. The summed E-state index contributed by atoms with van der Waals surface area (Å²) < 4.78 is 27.7. The molecular weight excluding hydrogens is 295 g/mol. The summed E-state index contributed by atoms with van der Waals surface area (Å²) in [6.45, 7) is 4.85. The minimum absolute atomic E-state index is 0.0244. The number of benzene rings is 1. The Morgan fingerprint density at radius 1 is 1.33 bits per heavy atom. The van der Waals surface area contributed by atoms with Crippen LogP contribution in [0.5, 0.6) is 5.75 Å². The molecule has 18 heavy (non-hydrogen) atoms. The first-order valence-electron chi connectivity index (χ1n) is 5.67. The van der Waals surface area contributed by atoms with Crippen molar-refractivity contribution in [2.24, 2.45) is 5.92 Å². The van der Waals surface area contributed by atoms with Crippen LogP contribution in [0.25, 0.3) is 0 Å². The highest BCUT2D eigenvalue weighted by molar-refractivity contribution is 8.13. The lowest BCUT2D eigenvalue weighted by atomic mass is 10.1. The summed E-state index contributed by atoms with van der Waals surface area (Å²) in [4.78, 5) is -0.0244. The molecule has 0 bridgehead atoms. The summed E-state index contributed by atoms with van der Waals surface area (Å²) in [5.74, 6) is 1.11. The summed E-state index contributed by atoms with van der Waals surface area (Å²) in [5, 5.41) is 0.251. The Balaban J connectivity index is 2.64. The molecule has 0 aromatic heterocycles. The summed E-state index contributed by atoms with van der Waals surface area (Å²) in [6, 6.07) is 4.20. The normalized spacial score (nSPS) is 11.8. The fourth-order valence-electron chi connectivity index (χ4n) is 1.42. The molecule has 0 radical (unpaired) electrons. The van der Waals surface area contributed by atoms with E-state index >= 15 is 0 Å². The molecule has 0 amide bonds. The van der Waals surface area contributed by atoms with Gasteiger partial charge >= 0.3 is 0 Å². The molecule has 0 heterocycles. The Kier molecular flexibility index (Phi) is 5.76. The van der Waals surface area contributed by atoms with E-state index < -0.39 is 9.05 Å². The fraction of sp³-hybridized carbons (Fsp3) is 0.500. The van der Waals surface area contributed by atoms with Crippen molar-refractivity contribution in [1.82, 2.24) is 0 Å². The molecule has 0 fully saturated rings. The lowest BCUT2D eigenvalue weighted by Crippen LogP contribution is -2.00. The largest absolute Gasteiger partial charge is 0.492 e. The Morgan fingerprint density at radius 3 is 2.50 bits per heavy atom. The molecule has 1 aromatic rings. The van der Waals surface area contributed by atoms with E-state index in [2.05, 4.69) is 13.8 Å². The van der Waals surface area contributed by atoms with Gasteiger partial charge in [-0.3, -0.25) is 0 Å². The summed E-state index contributed by atoms with van der Waals surface area (Å²) in [5.41, 5.74) is 0. The monoisotopic (exact) mass is 310 g/mol. The molecule has 0 saturated carbocycles. The molecule has 0 aliphatic rings. The quantitative estimate of drug-likeness (QED) is 0.587. The third-order valence-corrected chi connectivity index (χ3v) is 4.02. The predicted octanol–water partition coefficient (Wildman–Crippen LogP) is 4.08. The Morgan fingerprint density at radius 2 is 2.00 bits per heavy atom. The highest BCUT2D eigenvalue weighted by Gasteiger charge is 2.12. The van der Waals surface area contributed by atoms with Gasteiger partial charge in [0.05, 0.1) is 16.5 Å². The van der Waals surface area contributed by atoms with Gasteiger partial charge in [-0.05, 0) is 37.0 Å². The van der Waals surface area contributed by atoms with Crippen LogP contribution in [0.3, 0.4) is 0 Å². The minimum Gasteiger partial charge on any atom is -0.492 e. The molecule has 0 N–H and O–H groups in total. The van der Waals surface area contributed by atoms with E-state index in [0.29, 0.717) is 18.3 Å². The molecule has 102 valence electrons. The zero-order chi connectivity index (χ0) is 13.8. The summed E-state index contributed by atoms with van der Waals surface area (Å²) in [6.07, 6.45) is 2.01. The second-order valence-corrected chi connectivity index (χ2v) is 7.39. The maximum atomic E-state index is 11.1. The molecule has 0 unspecified atom stereocenters. The molecule has 0 atom stereocenters. The Labute approximate surface area is 117 Å². The smallest absolute Gasteiger partial charge is 0.261 e. The maximum absolute atomic E-state index is 11.1. The average Bonchev–Trinajstić information content (AvgIpc) is 2.24. The molecule has 3 nitrogen and oxygen atoms in total. The van der Waals surface area contributed by atoms with E-state index in [-0.39, 0.29) is 9.92 Å². The van der Waals surface area contributed by atoms with E-state index in [4.69, 9.17) is 27.0 Å². The number of hydrogen-bond acceptors (Lipinski definition) is 3. The van der Waals surface area contributed by atoms with E-state index in [9.17, 15) is 8.42 Å². The summed E-state index contributed by atoms with van der Waals surface area (Å²) >= 11 is 5.93. The van der Waals surface area contributed by atoms with E-state index in [1.54, 1.807) is 0 Å². The van der Waals surface area contributed by atoms with Gasteiger partial charge in [-0.1, -0.05) is 25.4 Å². The third kappa shape index (κ3) is 5.04. The first kappa shape index (κ1) is 15.6. The second kappa shape index (κ2) is 6.64. The van der Waals surface area contributed by atoms with E-state index in [1.807, 2.05) is 0 Å². The topological polar surface area (TPSA) is 43.4 Å². The van der Waals surface area contributed by atoms with E-state index in [1.165, 1.54) is 18.2 Å². The van der Waals surface area contributed by atoms with Crippen LogP contribution in [0, 0.1) is 5.92 Å². The lowest BCUT2D eigenvalue weighted by molar-refractivity contribution is 0.297. The minimum atomic E-state index is -3.75. The van der Waals surface area contributed by atoms with Crippen LogP contribution >= 0.6 is 22.3 Å². The zero-order valence-corrected chi connectivity index (χ0v) is 12.6. The van der Waals surface area contributed by atoms with Gasteiger partial charge in [0.1, 0.15) is 5.75 Å². The van der Waals surface area contributed by atoms with Gasteiger partial charge in [0.15, 0.2) is 0 Å². The third-order valence-electron chi connectivity index (χ3n) is 2.37. The zero-order valence-electron chi connectivity index (χ0n) is 10.3. The Hall–Kier alpha value is -0.450. The highest BCUT2D eigenvalue weighted by atomic mass is 35.7. The highest BCUT2D eigenvalue weighted by Crippen LogP contribution is 2.28. The van der Waals surface area contributed by atoms with Crippen molar-refractivity contribution in [1.29, 1.82) is 0 Å². The van der Waals surface area contributed by atoms with Gasteiger partial charge in [-0.2, -0.15) is 0 Å². The first-order valence-corrected chi connectivity index (χ1v) is 8.36. The average molecular weight is 311 g/mol. The molecule has 1 aromatic carbocycles. The van der Waals surface area contributed by atoms with Crippen molar-refractivity contribution >= 4 is 31.3 Å². The van der Waals surface area contributed by atoms with Crippen molar-refractivity contribution in [3.05, 3.63) is 23.2 Å². The van der Waals surface area contributed by atoms with E-state index in [0.717, 1.165) is 12.8 Å². The van der Waals surface area contributed by atoms with Crippen molar-refractivity contribution in [3.8, 4) is 5.75 Å². The molecule has 0 saturated heterocycles. The van der Waals surface area contributed by atoms with Gasteiger partial charge in [0.25, 0.3) is 9.05 Å². The standard InChI is InChI=1S/C12H16Cl2O3S/c1-9(2)4-3-7-17-12-6-5-10(8-11(12)13)18(14,15)16/h5-6,8-9H,3-4,7H2,1-2H3. The van der Waals surface area contributed by atoms with Crippen LogP contribution in [0.1, 0.15) is 26.7 Å². The van der Waals surface area contributed by atoms with Crippen LogP contribution in [-0.4, -0.2) is 15.0 Å². The van der Waals surface area contributed by atoms with Gasteiger partial charge in [-0.15, -0.1) is 0 Å². The Bertz CT molecular complexity index is 498. The number of rotatable bonds is 6. The van der Waals surface area contributed by atoms with Crippen molar-refractivity contribution in [2.75, 3.05) is 6.61 Å². The van der Waals surface area contributed by atoms with Crippen LogP contribution in [0.2, 0.25) is 5.02 Å². The summed E-state index contributed by atoms with van der Waals surface area (Å²) in [7, 11) is 1.47. The van der Waals surface area contributed by atoms with Crippen molar-refractivity contribution in [3.63, 3.8) is 0 Å². The van der Waals surface area contributed by atoms with Crippen molar-refractivity contribution in [2.45, 2.75) is 31.6 Å². The van der Waals surface area contributed by atoms with Crippen molar-refractivity contribution < 1.29 is 13.2 Å². The SMILES string of the molecule is CC(C)CCCOc1ccc(S(=O)(=O)Cl)cc1Cl. The fourth-order valence-corrected chi connectivity index (χ4v) is 2.50. The molecule has 1 rings (SSSR count). The molecule has 0 aliphatic carbocycles. The van der Waals surface area contributed by atoms with Gasteiger partial charge in [-0.25, -0.2) is 8.42 Å². The maximum Gasteiger partial charge on any atom is 0.261 e. The van der Waals surface area contributed by atoms with Crippen LogP contribution < -0.4 is 4.74 Å². The first-order chi connectivity index (χ1) is 8.30. The molecule has 0 aliphatic heterocycles. The van der Waals surface area contributed by atoms with Crippen LogP contribution in [0.15, 0.2) is 23.1 Å². The molecule has 0 spiro atoms. The number of ether oxygens (including phenoxy) is 1. The second-order valence-electron chi connectivity index (χ2n) is 4.41. The molecular formula is C12H16Cl2O3S. The van der Waals surface area contributed by atoms with Gasteiger partial charge < -0.3 is 4.74 Å². The van der Waals surface area contributed by atoms with Crippen LogP contribution in [-0.2, 0) is 9.05 Å². The predicted molar refractivity (Wildman–Crippen MR) is 74.1 cm³/mol. The van der Waals surface area contributed by atoms with Gasteiger partial charge in [0.2, 0.25) is 0 Å². The van der Waals surface area contributed by atoms with Crippen LogP contribution in [0.4, 0.5) is 0 Å².